The second-order valence-electron chi connectivity index (χ2n) is 4.65. The Morgan fingerprint density at radius 2 is 1.94 bits per heavy atom. The summed E-state index contributed by atoms with van der Waals surface area (Å²) in [6.45, 7) is 0. The Bertz CT molecular complexity index is 291. The largest absolute Gasteiger partial charge is 0.271 e. The normalized spacial score (nSPS) is 20.3. The average molecular weight is 219 g/mol. The van der Waals surface area contributed by atoms with Gasteiger partial charge < -0.3 is 0 Å². The average Bonchev–Trinajstić information content (AvgIpc) is 2.61. The molecule has 1 fully saturated rings. The van der Waals surface area contributed by atoms with E-state index in [9.17, 15) is 0 Å². The van der Waals surface area contributed by atoms with Crippen molar-refractivity contribution in [2.24, 2.45) is 11.8 Å². The van der Waals surface area contributed by atoms with Gasteiger partial charge in [-0.3, -0.25) is 16.3 Å². The van der Waals surface area contributed by atoms with Gasteiger partial charge in [-0.25, -0.2) is 0 Å². The minimum absolute atomic E-state index is 0.222. The maximum absolute atomic E-state index is 5.70. The molecular formula is C13H21N3. The lowest BCUT2D eigenvalue weighted by Gasteiger charge is -2.24. The molecule has 0 aliphatic heterocycles. The third-order valence-electron chi connectivity index (χ3n) is 3.56. The lowest BCUT2D eigenvalue weighted by molar-refractivity contribution is 0.323. The summed E-state index contributed by atoms with van der Waals surface area (Å²) in [5, 5.41) is 0. The maximum atomic E-state index is 5.70. The highest BCUT2D eigenvalue weighted by Gasteiger charge is 2.23. The second kappa shape index (κ2) is 5.97. The van der Waals surface area contributed by atoms with Gasteiger partial charge in [-0.05, 0) is 30.9 Å². The molecule has 3 N–H and O–H groups in total. The smallest absolute Gasteiger partial charge is 0.0660 e. The highest BCUT2D eigenvalue weighted by atomic mass is 15.2. The van der Waals surface area contributed by atoms with Crippen LogP contribution >= 0.6 is 0 Å². The number of rotatable bonds is 3. The molecular weight excluding hydrogens is 198 g/mol. The van der Waals surface area contributed by atoms with Crippen molar-refractivity contribution in [2.45, 2.75) is 44.6 Å². The first-order valence-electron chi connectivity index (χ1n) is 6.29. The molecule has 0 spiro atoms. The van der Waals surface area contributed by atoms with Gasteiger partial charge in [0.25, 0.3) is 0 Å². The van der Waals surface area contributed by atoms with Crippen LogP contribution in [0.5, 0.6) is 0 Å². The molecule has 3 heteroatoms. The first-order chi connectivity index (χ1) is 7.92. The molecule has 1 unspecified atom stereocenters. The highest BCUT2D eigenvalue weighted by molar-refractivity contribution is 5.09. The quantitative estimate of drug-likeness (QED) is 0.466. The fraction of sp³-hybridized carbons (Fsp3) is 0.615. The van der Waals surface area contributed by atoms with E-state index in [1.807, 2.05) is 18.3 Å². The van der Waals surface area contributed by atoms with E-state index in [-0.39, 0.29) is 6.04 Å². The van der Waals surface area contributed by atoms with E-state index in [2.05, 4.69) is 16.5 Å². The van der Waals surface area contributed by atoms with E-state index in [1.54, 1.807) is 0 Å². The van der Waals surface area contributed by atoms with Crippen LogP contribution in [0, 0.1) is 5.92 Å². The van der Waals surface area contributed by atoms with E-state index >= 15 is 0 Å². The van der Waals surface area contributed by atoms with Crippen LogP contribution in [0.2, 0.25) is 0 Å². The fourth-order valence-electron chi connectivity index (χ4n) is 2.67. The first kappa shape index (κ1) is 11.6. The molecule has 0 amide bonds. The lowest BCUT2D eigenvalue weighted by atomic mass is 9.90. The van der Waals surface area contributed by atoms with E-state index < -0.39 is 0 Å². The Balaban J connectivity index is 2.09. The SMILES string of the molecule is NNC(c1ccccn1)C1CCCCCC1. The predicted molar refractivity (Wildman–Crippen MR) is 65.5 cm³/mol. The molecule has 0 radical (unpaired) electrons. The van der Waals surface area contributed by atoms with Gasteiger partial charge in [0.05, 0.1) is 11.7 Å². The molecule has 88 valence electrons. The molecule has 16 heavy (non-hydrogen) atoms. The topological polar surface area (TPSA) is 50.9 Å². The van der Waals surface area contributed by atoms with Crippen molar-refractivity contribution in [3.63, 3.8) is 0 Å². The van der Waals surface area contributed by atoms with Gasteiger partial charge in [-0.2, -0.15) is 0 Å². The summed E-state index contributed by atoms with van der Waals surface area (Å²) in [5.41, 5.74) is 4.03. The Morgan fingerprint density at radius 3 is 2.50 bits per heavy atom. The first-order valence-corrected chi connectivity index (χ1v) is 6.29. The molecule has 1 aromatic heterocycles. The predicted octanol–water partition coefficient (Wildman–Crippen LogP) is 2.56. The molecule has 1 aliphatic rings. The Labute approximate surface area is 97.4 Å². The van der Waals surface area contributed by atoms with Gasteiger partial charge in [0.15, 0.2) is 0 Å². The van der Waals surface area contributed by atoms with Gasteiger partial charge in [0, 0.05) is 6.20 Å². The summed E-state index contributed by atoms with van der Waals surface area (Å²) in [4.78, 5) is 4.41. The van der Waals surface area contributed by atoms with Crippen LogP contribution in [-0.2, 0) is 0 Å². The maximum Gasteiger partial charge on any atom is 0.0660 e. The van der Waals surface area contributed by atoms with Crippen molar-refractivity contribution in [1.29, 1.82) is 0 Å². The molecule has 1 heterocycles. The third kappa shape index (κ3) is 2.80. The molecule has 0 aromatic carbocycles. The zero-order chi connectivity index (χ0) is 11.2. The molecule has 1 saturated carbocycles. The number of nitrogens with one attached hydrogen (secondary N) is 1. The zero-order valence-corrected chi connectivity index (χ0v) is 9.73. The summed E-state index contributed by atoms with van der Waals surface area (Å²) < 4.78 is 0. The molecule has 0 saturated heterocycles. The van der Waals surface area contributed by atoms with Crippen molar-refractivity contribution in [3.05, 3.63) is 30.1 Å². The van der Waals surface area contributed by atoms with Gasteiger partial charge in [0.1, 0.15) is 0 Å². The number of pyridine rings is 1. The van der Waals surface area contributed by atoms with Crippen LogP contribution < -0.4 is 11.3 Å². The van der Waals surface area contributed by atoms with Crippen LogP contribution in [0.1, 0.15) is 50.3 Å². The van der Waals surface area contributed by atoms with Crippen molar-refractivity contribution < 1.29 is 0 Å². The minimum atomic E-state index is 0.222. The van der Waals surface area contributed by atoms with Gasteiger partial charge >= 0.3 is 0 Å². The van der Waals surface area contributed by atoms with Crippen LogP contribution in [0.15, 0.2) is 24.4 Å². The summed E-state index contributed by atoms with van der Waals surface area (Å²) >= 11 is 0. The van der Waals surface area contributed by atoms with Crippen LogP contribution in [0.3, 0.4) is 0 Å². The van der Waals surface area contributed by atoms with Crippen LogP contribution in [0.4, 0.5) is 0 Å². The summed E-state index contributed by atoms with van der Waals surface area (Å²) in [6, 6.07) is 6.27. The Morgan fingerprint density at radius 1 is 1.19 bits per heavy atom. The third-order valence-corrected chi connectivity index (χ3v) is 3.56. The van der Waals surface area contributed by atoms with Crippen LogP contribution in [0.25, 0.3) is 0 Å². The molecule has 0 bridgehead atoms. The Kier molecular flexibility index (Phi) is 4.31. The standard InChI is InChI=1S/C13H21N3/c14-16-13(12-9-5-6-10-15-12)11-7-3-1-2-4-8-11/h5-6,9-11,13,16H,1-4,7-8,14H2. The number of nitrogens with two attached hydrogens (primary N) is 1. The highest BCUT2D eigenvalue weighted by Crippen LogP contribution is 2.32. The van der Waals surface area contributed by atoms with Gasteiger partial charge in [0.2, 0.25) is 0 Å². The van der Waals surface area contributed by atoms with E-state index in [0.29, 0.717) is 5.92 Å². The number of hydrogen-bond acceptors (Lipinski definition) is 3. The van der Waals surface area contributed by atoms with Crippen molar-refractivity contribution in [3.8, 4) is 0 Å². The van der Waals surface area contributed by atoms with Gasteiger partial charge in [-0.15, -0.1) is 0 Å². The van der Waals surface area contributed by atoms with Crippen molar-refractivity contribution >= 4 is 0 Å². The molecule has 1 aliphatic carbocycles. The van der Waals surface area contributed by atoms with E-state index in [4.69, 9.17) is 5.84 Å². The van der Waals surface area contributed by atoms with Crippen molar-refractivity contribution in [1.82, 2.24) is 10.4 Å². The zero-order valence-electron chi connectivity index (χ0n) is 9.73. The second-order valence-corrected chi connectivity index (χ2v) is 4.65. The summed E-state index contributed by atoms with van der Waals surface area (Å²) in [7, 11) is 0. The van der Waals surface area contributed by atoms with Gasteiger partial charge in [-0.1, -0.05) is 31.7 Å². The Hall–Kier alpha value is -0.930. The number of hydrogen-bond donors (Lipinski definition) is 2. The molecule has 1 aromatic rings. The number of hydrazine groups is 1. The number of nitrogens with zero attached hydrogens (tertiary/aromatic N) is 1. The van der Waals surface area contributed by atoms with E-state index in [1.165, 1.54) is 38.5 Å². The summed E-state index contributed by atoms with van der Waals surface area (Å²) in [5.74, 6) is 6.34. The number of aromatic nitrogens is 1. The fourth-order valence-corrected chi connectivity index (χ4v) is 2.67. The van der Waals surface area contributed by atoms with Crippen molar-refractivity contribution in [2.75, 3.05) is 0 Å². The molecule has 2 rings (SSSR count). The van der Waals surface area contributed by atoms with Crippen LogP contribution in [-0.4, -0.2) is 4.98 Å². The lowest BCUT2D eigenvalue weighted by Crippen LogP contribution is -2.34. The molecule has 3 nitrogen and oxygen atoms in total. The monoisotopic (exact) mass is 219 g/mol. The summed E-state index contributed by atoms with van der Waals surface area (Å²) in [6.07, 6.45) is 9.78. The van der Waals surface area contributed by atoms with E-state index in [0.717, 1.165) is 5.69 Å². The molecule has 1 atom stereocenters. The minimum Gasteiger partial charge on any atom is -0.271 e.